The van der Waals surface area contributed by atoms with E-state index < -0.39 is 0 Å². The molecule has 8 aromatic carbocycles. The van der Waals surface area contributed by atoms with Crippen LogP contribution in [0.3, 0.4) is 0 Å². The minimum Gasteiger partial charge on any atom is -0.311 e. The van der Waals surface area contributed by atoms with Crippen molar-refractivity contribution in [1.82, 2.24) is 0 Å². The minimum absolute atomic E-state index is 0.00369. The monoisotopic (exact) mass is 1160 g/mol. The summed E-state index contributed by atoms with van der Waals surface area (Å²) < 4.78 is 0. The van der Waals surface area contributed by atoms with Gasteiger partial charge in [-0.3, -0.25) is 0 Å². The van der Waals surface area contributed by atoms with Crippen molar-refractivity contribution in [1.29, 1.82) is 0 Å². The highest BCUT2D eigenvalue weighted by molar-refractivity contribution is 6.99. The Labute approximate surface area is 531 Å². The molecular weight excluding hydrogens is 1060 g/mol. The first-order valence-electron chi connectivity index (χ1n) is 33.3. The van der Waals surface area contributed by atoms with Crippen LogP contribution in [0.25, 0.3) is 11.1 Å². The quantitative estimate of drug-likeness (QED) is 0.0995. The summed E-state index contributed by atoms with van der Waals surface area (Å²) in [7, 11) is 0. The molecule has 0 N–H and O–H groups in total. The Morgan fingerprint density at radius 3 is 1.68 bits per heavy atom. The zero-order chi connectivity index (χ0) is 62.8. The van der Waals surface area contributed by atoms with Crippen molar-refractivity contribution in [2.75, 3.05) is 9.80 Å². The fourth-order valence-electron chi connectivity index (χ4n) is 15.9. The van der Waals surface area contributed by atoms with Gasteiger partial charge in [-0.1, -0.05) is 270 Å². The predicted molar refractivity (Wildman–Crippen MR) is 383 cm³/mol. The second-order valence-electron chi connectivity index (χ2n) is 32.8. The van der Waals surface area contributed by atoms with E-state index in [2.05, 4.69) is 311 Å². The average molecular weight is 1160 g/mol. The molecule has 0 spiro atoms. The third kappa shape index (κ3) is 10.8. The molecule has 1 fully saturated rings. The van der Waals surface area contributed by atoms with Crippen LogP contribution in [-0.4, -0.2) is 6.71 Å². The fraction of sp³-hybridized carbons (Fsp3) is 0.388. The number of anilines is 6. The van der Waals surface area contributed by atoms with Crippen molar-refractivity contribution < 1.29 is 0 Å². The molecule has 2 aliphatic carbocycles. The third-order valence-electron chi connectivity index (χ3n) is 21.7. The van der Waals surface area contributed by atoms with Crippen LogP contribution in [-0.2, 0) is 38.9 Å². The van der Waals surface area contributed by atoms with Gasteiger partial charge >= 0.3 is 0 Å². The lowest BCUT2D eigenvalue weighted by Gasteiger charge is -2.59. The van der Waals surface area contributed by atoms with Crippen LogP contribution in [0, 0.1) is 5.41 Å². The second-order valence-corrected chi connectivity index (χ2v) is 32.8. The van der Waals surface area contributed by atoms with Crippen molar-refractivity contribution in [2.45, 2.75) is 207 Å². The second kappa shape index (κ2) is 21.8. The number of hydrogen-bond acceptors (Lipinski definition) is 2. The SMILES string of the molecule is C=C/C=C(/C)C(Cc1ccc(C(C)(C)C)cc1)c1ccc2c(c1)N(c1ccc(C(C)(C)C)cc1-c1ccccc1)c1cc(N(c3ccc(C(C)(C)C)cc3)c3ccc(C(C)(C)C)cc3)cc3c1B2c1cc(C(C)(C)C)cc2c1C3CC1(C)CCCCC21C. The molecule has 8 aromatic rings. The lowest BCUT2D eigenvalue weighted by Crippen LogP contribution is -2.64. The molecular formula is C85H99BN2. The summed E-state index contributed by atoms with van der Waals surface area (Å²) in [5.74, 6) is 0.305. The van der Waals surface area contributed by atoms with E-state index in [0.29, 0.717) is 0 Å². The lowest BCUT2D eigenvalue weighted by molar-refractivity contribution is 0.0602. The topological polar surface area (TPSA) is 6.48 Å². The zero-order valence-corrected chi connectivity index (χ0v) is 56.8. The van der Waals surface area contributed by atoms with Crippen molar-refractivity contribution in [3.05, 3.63) is 244 Å². The van der Waals surface area contributed by atoms with Crippen molar-refractivity contribution in [3.63, 3.8) is 0 Å². The van der Waals surface area contributed by atoms with Crippen LogP contribution in [0.15, 0.2) is 188 Å². The van der Waals surface area contributed by atoms with Gasteiger partial charge in [0.15, 0.2) is 0 Å². The highest BCUT2D eigenvalue weighted by Crippen LogP contribution is 2.63. The van der Waals surface area contributed by atoms with Gasteiger partial charge in [0.1, 0.15) is 0 Å². The van der Waals surface area contributed by atoms with E-state index in [0.717, 1.165) is 24.2 Å². The standard InChI is InChI=1S/C85H99BN2/c1-20-26-55(2)67(47-56-29-32-59(33-30-56)79(3,4)5)58-31-43-72-75(48-58)88(74-44-38-62(82(12,13)14)49-68(74)57-27-22-21-23-28-57)76-53-66(87(64-39-34-60(35-40-64)80(6,7)8)65-41-36-61(37-42-65)81(9,10)11)52-69-70-54-84(18)45-24-25-46-85(84,19)71-50-63(83(15,16)17)51-73(77(70)71)86(72)78(69)76/h20-23,26-44,48-53,67,70H,1,24-25,45-47,54H2,2-19H3/b55-26-. The first-order chi connectivity index (χ1) is 41.4. The predicted octanol–water partition coefficient (Wildman–Crippen LogP) is 21.8. The molecule has 2 heterocycles. The number of allylic oxidation sites excluding steroid dienone is 3. The molecule has 88 heavy (non-hydrogen) atoms. The first kappa shape index (κ1) is 61.2. The van der Waals surface area contributed by atoms with E-state index in [9.17, 15) is 0 Å². The summed E-state index contributed by atoms with van der Waals surface area (Å²) in [6.07, 6.45) is 11.3. The Kier molecular flexibility index (Phi) is 15.2. The maximum atomic E-state index is 4.28. The van der Waals surface area contributed by atoms with E-state index >= 15 is 0 Å². The molecule has 1 saturated carbocycles. The van der Waals surface area contributed by atoms with E-state index in [1.54, 1.807) is 11.1 Å². The third-order valence-corrected chi connectivity index (χ3v) is 21.7. The highest BCUT2D eigenvalue weighted by atomic mass is 15.2. The maximum Gasteiger partial charge on any atom is 0.247 e. The molecule has 12 rings (SSSR count). The Morgan fingerprint density at radius 2 is 1.11 bits per heavy atom. The van der Waals surface area contributed by atoms with Gasteiger partial charge < -0.3 is 9.80 Å². The van der Waals surface area contributed by atoms with E-state index in [1.165, 1.54) is 126 Å². The molecule has 4 unspecified atom stereocenters. The maximum absolute atomic E-state index is 4.28. The van der Waals surface area contributed by atoms with Gasteiger partial charge in [-0.15, -0.1) is 0 Å². The number of nitrogens with zero attached hydrogens (tertiary/aromatic N) is 2. The van der Waals surface area contributed by atoms with Crippen LogP contribution < -0.4 is 26.2 Å². The number of rotatable bonds is 10. The average Bonchev–Trinajstić information content (AvgIpc) is 0.679. The summed E-state index contributed by atoms with van der Waals surface area (Å²) in [6, 6.07) is 65.6. The molecule has 2 nitrogen and oxygen atoms in total. The summed E-state index contributed by atoms with van der Waals surface area (Å²) >= 11 is 0. The molecule has 0 amide bonds. The number of benzene rings is 8. The van der Waals surface area contributed by atoms with Crippen molar-refractivity contribution in [2.24, 2.45) is 5.41 Å². The van der Waals surface area contributed by atoms with Crippen LogP contribution in [0.5, 0.6) is 0 Å². The molecule has 0 aromatic heterocycles. The summed E-state index contributed by atoms with van der Waals surface area (Å²) in [5, 5.41) is 0. The molecule has 2 aliphatic heterocycles. The lowest BCUT2D eigenvalue weighted by atomic mass is 9.29. The van der Waals surface area contributed by atoms with Gasteiger partial charge in [0, 0.05) is 45.8 Å². The summed E-state index contributed by atoms with van der Waals surface area (Å²) in [5.41, 5.74) is 29.6. The van der Waals surface area contributed by atoms with E-state index in [4.69, 9.17) is 0 Å². The Hall–Kier alpha value is -7.10. The molecule has 452 valence electrons. The molecule has 4 aliphatic rings. The normalized spacial score (nSPS) is 19.5. The summed E-state index contributed by atoms with van der Waals surface area (Å²) in [4.78, 5) is 5.35. The van der Waals surface area contributed by atoms with Crippen molar-refractivity contribution in [3.8, 4) is 11.1 Å². The Bertz CT molecular complexity index is 3930. The molecule has 4 atom stereocenters. The molecule has 3 heteroatoms. The van der Waals surface area contributed by atoms with Crippen LogP contribution >= 0.6 is 0 Å². The van der Waals surface area contributed by atoms with Gasteiger partial charge in [0.05, 0.1) is 5.69 Å². The van der Waals surface area contributed by atoms with Crippen LogP contribution in [0.1, 0.15) is 224 Å². The van der Waals surface area contributed by atoms with Gasteiger partial charge in [-0.2, -0.15) is 0 Å². The Morgan fingerprint density at radius 1 is 0.557 bits per heavy atom. The largest absolute Gasteiger partial charge is 0.311 e. The van der Waals surface area contributed by atoms with E-state index in [1.807, 2.05) is 6.08 Å². The van der Waals surface area contributed by atoms with Gasteiger partial charge in [-0.05, 0) is 197 Å². The fourth-order valence-corrected chi connectivity index (χ4v) is 15.9. The van der Waals surface area contributed by atoms with Gasteiger partial charge in [0.2, 0.25) is 6.71 Å². The van der Waals surface area contributed by atoms with Gasteiger partial charge in [0.25, 0.3) is 0 Å². The smallest absolute Gasteiger partial charge is 0.247 e. The number of fused-ring (bicyclic) bond motifs is 6. The molecule has 0 bridgehead atoms. The van der Waals surface area contributed by atoms with Crippen LogP contribution in [0.4, 0.5) is 34.1 Å². The van der Waals surface area contributed by atoms with E-state index in [-0.39, 0.29) is 56.5 Å². The minimum atomic E-state index is -0.0744. The Balaban J connectivity index is 1.22. The van der Waals surface area contributed by atoms with Crippen molar-refractivity contribution >= 4 is 57.2 Å². The summed E-state index contributed by atoms with van der Waals surface area (Å²) in [6.45, 7) is 47.3. The zero-order valence-electron chi connectivity index (χ0n) is 56.8. The molecule has 0 saturated heterocycles. The molecule has 0 radical (unpaired) electrons. The first-order valence-corrected chi connectivity index (χ1v) is 33.3. The van der Waals surface area contributed by atoms with Gasteiger partial charge in [-0.25, -0.2) is 0 Å². The number of hydrogen-bond donors (Lipinski definition) is 0. The van der Waals surface area contributed by atoms with Crippen LogP contribution in [0.2, 0.25) is 0 Å². The highest BCUT2D eigenvalue weighted by Gasteiger charge is 2.57.